The molecule has 0 aliphatic carbocycles. The maximum atomic E-state index is 12.1. The fourth-order valence-corrected chi connectivity index (χ4v) is 6.20. The van der Waals surface area contributed by atoms with Crippen molar-refractivity contribution in [2.75, 3.05) is 52.4 Å². The molecule has 0 aromatic heterocycles. The molecule has 0 saturated heterocycles. The Labute approximate surface area is 317 Å². The maximum absolute atomic E-state index is 12.1. The molecule has 300 valence electrons. The minimum Gasteiger partial charge on any atom is -0.355 e. The number of hydrogen-bond donors (Lipinski definition) is 5. The van der Waals surface area contributed by atoms with Crippen molar-refractivity contribution in [3.63, 3.8) is 0 Å². The first kappa shape index (κ1) is 49.3. The zero-order valence-electron chi connectivity index (χ0n) is 34.1. The second kappa shape index (κ2) is 44.5. The van der Waals surface area contributed by atoms with Gasteiger partial charge in [0.25, 0.3) is 0 Å². The zero-order chi connectivity index (χ0) is 37.0. The summed E-state index contributed by atoms with van der Waals surface area (Å²) in [6.45, 7) is 11.1. The van der Waals surface area contributed by atoms with E-state index in [1.807, 2.05) is 0 Å². The Kier molecular flexibility index (Phi) is 43.0. The topological polar surface area (TPSA) is 94.3 Å². The quantitative estimate of drug-likeness (QED) is 0.0320. The molecule has 0 heterocycles. The van der Waals surface area contributed by atoms with Gasteiger partial charge in [0.2, 0.25) is 11.8 Å². The van der Waals surface area contributed by atoms with Crippen molar-refractivity contribution in [2.24, 2.45) is 0 Å². The van der Waals surface area contributed by atoms with E-state index in [0.717, 1.165) is 65.0 Å². The molecule has 2 amide bonds. The van der Waals surface area contributed by atoms with E-state index in [1.54, 1.807) is 0 Å². The highest BCUT2D eigenvalue weighted by molar-refractivity contribution is 5.76. The zero-order valence-corrected chi connectivity index (χ0v) is 34.1. The van der Waals surface area contributed by atoms with Crippen LogP contribution in [-0.4, -0.2) is 64.2 Å². The lowest BCUT2D eigenvalue weighted by Crippen LogP contribution is -2.37. The van der Waals surface area contributed by atoms with Crippen molar-refractivity contribution in [3.05, 3.63) is 24.3 Å². The first-order valence-electron chi connectivity index (χ1n) is 22.2. The molecular weight excluding hydrogens is 631 g/mol. The van der Waals surface area contributed by atoms with Crippen LogP contribution in [0.2, 0.25) is 0 Å². The normalized spacial score (nSPS) is 11.6. The van der Waals surface area contributed by atoms with Gasteiger partial charge in [-0.1, -0.05) is 141 Å². The summed E-state index contributed by atoms with van der Waals surface area (Å²) in [6, 6.07) is 0. The summed E-state index contributed by atoms with van der Waals surface area (Å²) in [6.07, 6.45) is 44.0. The minimum atomic E-state index is 0.181. The molecule has 0 atom stereocenters. The third-order valence-corrected chi connectivity index (χ3v) is 9.54. The van der Waals surface area contributed by atoms with Crippen LogP contribution in [-0.2, 0) is 9.59 Å². The SMILES string of the molecule is CCCCCCC/C=C/CCCCCCCCC(=O)NCCNCCNCCNCCNC(=O)CCCCCCCC/C=C/CCCCCCC. The van der Waals surface area contributed by atoms with Gasteiger partial charge in [-0.15, -0.1) is 0 Å². The number of nitrogens with one attached hydrogen (secondary N) is 5. The smallest absolute Gasteiger partial charge is 0.220 e. The number of unbranched alkanes of at least 4 members (excludes halogenated alkanes) is 22. The molecule has 0 saturated carbocycles. The van der Waals surface area contributed by atoms with E-state index >= 15 is 0 Å². The van der Waals surface area contributed by atoms with E-state index in [2.05, 4.69) is 64.7 Å². The number of allylic oxidation sites excluding steroid dienone is 4. The maximum Gasteiger partial charge on any atom is 0.220 e. The van der Waals surface area contributed by atoms with Crippen LogP contribution in [0, 0.1) is 0 Å². The van der Waals surface area contributed by atoms with Crippen LogP contribution in [0.5, 0.6) is 0 Å². The summed E-state index contributed by atoms with van der Waals surface area (Å²) >= 11 is 0. The van der Waals surface area contributed by atoms with Gasteiger partial charge in [-0.05, 0) is 64.2 Å². The van der Waals surface area contributed by atoms with Crippen molar-refractivity contribution in [1.82, 2.24) is 26.6 Å². The number of carbonyl (C=O) groups excluding carboxylic acids is 2. The van der Waals surface area contributed by atoms with Crippen molar-refractivity contribution in [1.29, 1.82) is 0 Å². The van der Waals surface area contributed by atoms with Crippen molar-refractivity contribution in [3.8, 4) is 0 Å². The molecule has 0 fully saturated rings. The van der Waals surface area contributed by atoms with Gasteiger partial charge in [-0.25, -0.2) is 0 Å². The molecule has 51 heavy (non-hydrogen) atoms. The predicted molar refractivity (Wildman–Crippen MR) is 224 cm³/mol. The Bertz CT molecular complexity index is 711. The van der Waals surface area contributed by atoms with Gasteiger partial charge in [0, 0.05) is 65.2 Å². The van der Waals surface area contributed by atoms with Crippen LogP contribution in [0.25, 0.3) is 0 Å². The molecule has 0 unspecified atom stereocenters. The lowest BCUT2D eigenvalue weighted by Gasteiger charge is -2.09. The van der Waals surface area contributed by atoms with E-state index in [9.17, 15) is 9.59 Å². The fraction of sp³-hybridized carbons (Fsp3) is 0.864. The van der Waals surface area contributed by atoms with Gasteiger partial charge < -0.3 is 26.6 Å². The number of hydrogen-bond acceptors (Lipinski definition) is 5. The van der Waals surface area contributed by atoms with Crippen LogP contribution < -0.4 is 26.6 Å². The molecule has 0 aromatic rings. The predicted octanol–water partition coefficient (Wildman–Crippen LogP) is 10.1. The Morgan fingerprint density at radius 1 is 0.333 bits per heavy atom. The minimum absolute atomic E-state index is 0.181. The van der Waals surface area contributed by atoms with Gasteiger partial charge >= 0.3 is 0 Å². The average molecular weight is 718 g/mol. The third-order valence-electron chi connectivity index (χ3n) is 9.54. The highest BCUT2D eigenvalue weighted by Crippen LogP contribution is 2.11. The highest BCUT2D eigenvalue weighted by Gasteiger charge is 2.02. The summed E-state index contributed by atoms with van der Waals surface area (Å²) < 4.78 is 0. The van der Waals surface area contributed by atoms with Crippen LogP contribution in [0.1, 0.15) is 194 Å². The molecule has 7 heteroatoms. The molecule has 5 N–H and O–H groups in total. The Hall–Kier alpha value is -1.70. The van der Waals surface area contributed by atoms with Crippen LogP contribution >= 0.6 is 0 Å². The standard InChI is InChI=1S/C44H87N5O2/c1-3-5-7-9-11-13-15-17-19-21-23-25-27-29-31-33-43(50)48-41-39-46-37-35-45-36-38-47-40-42-49-44(51)34-32-30-28-26-24-22-20-18-16-14-12-10-8-6-4-2/h15-18,45-47H,3-14,19-42H2,1-2H3,(H,48,50)(H,49,51)/b17-15+,18-16+. The fourth-order valence-electron chi connectivity index (χ4n) is 6.20. The van der Waals surface area contributed by atoms with E-state index in [-0.39, 0.29) is 11.8 Å². The second-order valence-electron chi connectivity index (χ2n) is 14.6. The molecule has 0 radical (unpaired) electrons. The molecule has 0 aliphatic rings. The lowest BCUT2D eigenvalue weighted by atomic mass is 10.1. The molecule has 0 bridgehead atoms. The molecule has 7 nitrogen and oxygen atoms in total. The Morgan fingerprint density at radius 2 is 0.588 bits per heavy atom. The van der Waals surface area contributed by atoms with E-state index in [0.29, 0.717) is 25.9 Å². The number of amides is 2. The molecule has 0 spiro atoms. The van der Waals surface area contributed by atoms with Crippen LogP contribution in [0.15, 0.2) is 24.3 Å². The van der Waals surface area contributed by atoms with Crippen LogP contribution in [0.3, 0.4) is 0 Å². The highest BCUT2D eigenvalue weighted by atomic mass is 16.2. The van der Waals surface area contributed by atoms with E-state index in [4.69, 9.17) is 0 Å². The first-order valence-corrected chi connectivity index (χ1v) is 22.2. The molecule has 0 rings (SSSR count). The van der Waals surface area contributed by atoms with Gasteiger partial charge in [0.05, 0.1) is 0 Å². The van der Waals surface area contributed by atoms with E-state index < -0.39 is 0 Å². The monoisotopic (exact) mass is 718 g/mol. The number of rotatable bonds is 42. The largest absolute Gasteiger partial charge is 0.355 e. The summed E-state index contributed by atoms with van der Waals surface area (Å²) in [5.41, 5.74) is 0. The van der Waals surface area contributed by atoms with Crippen LogP contribution in [0.4, 0.5) is 0 Å². The summed E-state index contributed by atoms with van der Waals surface area (Å²) in [7, 11) is 0. The first-order chi connectivity index (χ1) is 25.2. The van der Waals surface area contributed by atoms with Gasteiger partial charge in [-0.2, -0.15) is 0 Å². The Morgan fingerprint density at radius 3 is 0.902 bits per heavy atom. The molecular formula is C44H87N5O2. The average Bonchev–Trinajstić information content (AvgIpc) is 3.13. The molecule has 0 aromatic carbocycles. The summed E-state index contributed by atoms with van der Waals surface area (Å²) in [5.74, 6) is 0.362. The summed E-state index contributed by atoms with van der Waals surface area (Å²) in [5, 5.41) is 16.3. The lowest BCUT2D eigenvalue weighted by molar-refractivity contribution is -0.122. The summed E-state index contributed by atoms with van der Waals surface area (Å²) in [4.78, 5) is 24.1. The van der Waals surface area contributed by atoms with Crippen molar-refractivity contribution in [2.45, 2.75) is 194 Å². The Balaban J connectivity index is 3.26. The second-order valence-corrected chi connectivity index (χ2v) is 14.6. The third kappa shape index (κ3) is 44.4. The molecule has 0 aliphatic heterocycles. The van der Waals surface area contributed by atoms with Crippen molar-refractivity contribution < 1.29 is 9.59 Å². The van der Waals surface area contributed by atoms with Gasteiger partial charge in [0.1, 0.15) is 0 Å². The number of carbonyl (C=O) groups is 2. The van der Waals surface area contributed by atoms with Crippen molar-refractivity contribution >= 4 is 11.8 Å². The van der Waals surface area contributed by atoms with Gasteiger partial charge in [-0.3, -0.25) is 9.59 Å². The van der Waals surface area contributed by atoms with Gasteiger partial charge in [0.15, 0.2) is 0 Å². The van der Waals surface area contributed by atoms with E-state index in [1.165, 1.54) is 141 Å².